The van der Waals surface area contributed by atoms with E-state index < -0.39 is 5.91 Å². The van der Waals surface area contributed by atoms with Gasteiger partial charge in [0.2, 0.25) is 0 Å². The highest BCUT2D eigenvalue weighted by atomic mass is 32.1. The Bertz CT molecular complexity index is 988. The van der Waals surface area contributed by atoms with Gasteiger partial charge in [0.05, 0.1) is 17.8 Å². The second-order valence-corrected chi connectivity index (χ2v) is 6.43. The van der Waals surface area contributed by atoms with Gasteiger partial charge in [0.25, 0.3) is 5.91 Å². The van der Waals surface area contributed by atoms with Gasteiger partial charge in [-0.15, -0.1) is 11.3 Å². The summed E-state index contributed by atoms with van der Waals surface area (Å²) in [6.07, 6.45) is 9.78. The Morgan fingerprint density at radius 2 is 2.32 bits per heavy atom. The molecule has 1 aliphatic rings. The van der Waals surface area contributed by atoms with Crippen LogP contribution < -0.4 is 10.8 Å². The Hall–Kier alpha value is -2.97. The molecule has 3 aromatic rings. The van der Waals surface area contributed by atoms with E-state index in [-0.39, 0.29) is 5.92 Å². The van der Waals surface area contributed by atoms with Crippen LogP contribution in [-0.2, 0) is 4.79 Å². The molecule has 1 amide bonds. The number of amides is 1. The van der Waals surface area contributed by atoms with Gasteiger partial charge in [-0.1, -0.05) is 18.2 Å². The minimum atomic E-state index is -0.407. The van der Waals surface area contributed by atoms with E-state index in [9.17, 15) is 4.79 Å². The number of hydroxylamine groups is 1. The lowest BCUT2D eigenvalue weighted by atomic mass is 9.99. The SMILES string of the molecule is O=C(NO)C1C=CC(Nc2nc(-c3cnc4ccccn34)cs2)=CC1. The van der Waals surface area contributed by atoms with Crippen molar-refractivity contribution in [2.24, 2.45) is 5.92 Å². The van der Waals surface area contributed by atoms with E-state index in [1.165, 1.54) is 11.3 Å². The molecule has 3 aromatic heterocycles. The molecular weight excluding hydrogens is 338 g/mol. The molecule has 7 nitrogen and oxygen atoms in total. The number of fused-ring (bicyclic) bond motifs is 1. The zero-order valence-electron chi connectivity index (χ0n) is 13.1. The Kier molecular flexibility index (Phi) is 4.04. The molecule has 126 valence electrons. The molecule has 0 saturated carbocycles. The summed E-state index contributed by atoms with van der Waals surface area (Å²) in [4.78, 5) is 20.4. The fourth-order valence-corrected chi connectivity index (χ4v) is 3.41. The van der Waals surface area contributed by atoms with E-state index >= 15 is 0 Å². The number of pyridine rings is 1. The predicted molar refractivity (Wildman–Crippen MR) is 95.2 cm³/mol. The third kappa shape index (κ3) is 3.04. The number of hydrogen-bond acceptors (Lipinski definition) is 6. The third-order valence-electron chi connectivity index (χ3n) is 3.98. The molecule has 0 bridgehead atoms. The van der Waals surface area contributed by atoms with Gasteiger partial charge in [0, 0.05) is 17.3 Å². The number of hydrogen-bond donors (Lipinski definition) is 3. The Labute approximate surface area is 147 Å². The van der Waals surface area contributed by atoms with Crippen LogP contribution in [-0.4, -0.2) is 25.5 Å². The number of nitrogens with one attached hydrogen (secondary N) is 2. The highest BCUT2D eigenvalue weighted by Gasteiger charge is 2.17. The number of carbonyl (C=O) groups is 1. The van der Waals surface area contributed by atoms with Crippen LogP contribution >= 0.6 is 11.3 Å². The topological polar surface area (TPSA) is 91.5 Å². The van der Waals surface area contributed by atoms with Crippen molar-refractivity contribution in [3.05, 3.63) is 59.9 Å². The molecule has 1 aliphatic carbocycles. The maximum Gasteiger partial charge on any atom is 0.250 e. The summed E-state index contributed by atoms with van der Waals surface area (Å²) in [5, 5.41) is 14.7. The van der Waals surface area contributed by atoms with Crippen molar-refractivity contribution in [2.45, 2.75) is 6.42 Å². The number of allylic oxidation sites excluding steroid dienone is 2. The fourth-order valence-electron chi connectivity index (χ4n) is 2.68. The maximum absolute atomic E-state index is 11.4. The van der Waals surface area contributed by atoms with E-state index in [0.717, 1.165) is 27.9 Å². The smallest absolute Gasteiger partial charge is 0.250 e. The summed E-state index contributed by atoms with van der Waals surface area (Å²) in [6.45, 7) is 0. The quantitative estimate of drug-likeness (QED) is 0.495. The molecule has 0 radical (unpaired) electrons. The van der Waals surface area contributed by atoms with Gasteiger partial charge >= 0.3 is 0 Å². The molecule has 1 atom stereocenters. The molecule has 0 spiro atoms. The minimum absolute atomic E-state index is 0.347. The summed E-state index contributed by atoms with van der Waals surface area (Å²) < 4.78 is 2.00. The Morgan fingerprint density at radius 3 is 3.12 bits per heavy atom. The molecule has 0 fully saturated rings. The average molecular weight is 353 g/mol. The van der Waals surface area contributed by atoms with Gasteiger partial charge in [-0.25, -0.2) is 15.4 Å². The molecule has 0 aromatic carbocycles. The summed E-state index contributed by atoms with van der Waals surface area (Å²) in [5.41, 5.74) is 5.22. The lowest BCUT2D eigenvalue weighted by molar-refractivity contribution is -0.131. The van der Waals surface area contributed by atoms with Crippen LogP contribution in [0.3, 0.4) is 0 Å². The van der Waals surface area contributed by atoms with Gasteiger partial charge in [0.1, 0.15) is 11.3 Å². The zero-order valence-corrected chi connectivity index (χ0v) is 13.9. The standard InChI is InChI=1S/C17H15N5O2S/c23-16(21-24)11-4-6-12(7-5-11)19-17-20-13(10-25-17)14-9-18-15-3-1-2-8-22(14)15/h1-4,6-11,24H,5H2,(H,19,20)(H,21,23). The van der Waals surface area contributed by atoms with Crippen LogP contribution in [0.2, 0.25) is 0 Å². The second-order valence-electron chi connectivity index (χ2n) is 5.57. The molecule has 3 N–H and O–H groups in total. The minimum Gasteiger partial charge on any atom is -0.332 e. The van der Waals surface area contributed by atoms with Crippen molar-refractivity contribution in [2.75, 3.05) is 5.32 Å². The Morgan fingerprint density at radius 1 is 1.40 bits per heavy atom. The van der Waals surface area contributed by atoms with Crippen LogP contribution in [0.25, 0.3) is 17.0 Å². The first kappa shape index (κ1) is 15.6. The molecule has 0 aliphatic heterocycles. The van der Waals surface area contributed by atoms with Crippen LogP contribution in [0, 0.1) is 5.92 Å². The Balaban J connectivity index is 1.50. The average Bonchev–Trinajstić information content (AvgIpc) is 3.28. The number of nitrogens with zero attached hydrogens (tertiary/aromatic N) is 3. The lowest BCUT2D eigenvalue weighted by Gasteiger charge is -2.14. The van der Waals surface area contributed by atoms with E-state index in [1.54, 1.807) is 11.6 Å². The van der Waals surface area contributed by atoms with Gasteiger partial charge in [-0.2, -0.15) is 0 Å². The number of thiazole rings is 1. The summed E-state index contributed by atoms with van der Waals surface area (Å²) in [5.74, 6) is -0.753. The number of anilines is 1. The van der Waals surface area contributed by atoms with Gasteiger partial charge in [-0.05, 0) is 24.6 Å². The van der Waals surface area contributed by atoms with Crippen molar-refractivity contribution in [1.82, 2.24) is 19.8 Å². The molecule has 1 unspecified atom stereocenters. The second kappa shape index (κ2) is 6.50. The lowest BCUT2D eigenvalue weighted by Crippen LogP contribution is -2.27. The maximum atomic E-state index is 11.4. The van der Waals surface area contributed by atoms with E-state index in [0.29, 0.717) is 6.42 Å². The van der Waals surface area contributed by atoms with Gasteiger partial charge < -0.3 is 5.32 Å². The third-order valence-corrected chi connectivity index (χ3v) is 4.74. The summed E-state index contributed by atoms with van der Waals surface area (Å²) >= 11 is 1.50. The largest absolute Gasteiger partial charge is 0.332 e. The molecule has 3 heterocycles. The first-order chi connectivity index (χ1) is 12.2. The molecular formula is C17H15N5O2S. The highest BCUT2D eigenvalue weighted by Crippen LogP contribution is 2.27. The predicted octanol–water partition coefficient (Wildman–Crippen LogP) is 2.84. The van der Waals surface area contributed by atoms with Crippen molar-refractivity contribution < 1.29 is 10.0 Å². The summed E-state index contributed by atoms with van der Waals surface area (Å²) in [6, 6.07) is 5.86. The van der Waals surface area contributed by atoms with Crippen LogP contribution in [0.1, 0.15) is 6.42 Å². The van der Waals surface area contributed by atoms with E-state index in [1.807, 2.05) is 52.5 Å². The highest BCUT2D eigenvalue weighted by molar-refractivity contribution is 7.14. The first-order valence-electron chi connectivity index (χ1n) is 7.72. The van der Waals surface area contributed by atoms with Gasteiger partial charge in [-0.3, -0.25) is 14.4 Å². The monoisotopic (exact) mass is 353 g/mol. The number of aromatic nitrogens is 3. The summed E-state index contributed by atoms with van der Waals surface area (Å²) in [7, 11) is 0. The fraction of sp³-hybridized carbons (Fsp3) is 0.118. The van der Waals surface area contributed by atoms with Crippen LogP contribution in [0.4, 0.5) is 5.13 Å². The first-order valence-corrected chi connectivity index (χ1v) is 8.60. The van der Waals surface area contributed by atoms with E-state index in [4.69, 9.17) is 5.21 Å². The molecule has 4 rings (SSSR count). The van der Waals surface area contributed by atoms with Crippen LogP contribution in [0.15, 0.2) is 59.9 Å². The molecule has 8 heteroatoms. The number of imidazole rings is 1. The molecule has 25 heavy (non-hydrogen) atoms. The zero-order chi connectivity index (χ0) is 17.2. The number of carbonyl (C=O) groups excluding carboxylic acids is 1. The number of rotatable bonds is 4. The van der Waals surface area contributed by atoms with E-state index in [2.05, 4.69) is 15.3 Å². The van der Waals surface area contributed by atoms with Crippen molar-refractivity contribution in [3.8, 4) is 11.4 Å². The van der Waals surface area contributed by atoms with Gasteiger partial charge in [0.15, 0.2) is 5.13 Å². The van der Waals surface area contributed by atoms with Crippen molar-refractivity contribution >= 4 is 28.0 Å². The van der Waals surface area contributed by atoms with Crippen molar-refractivity contribution in [3.63, 3.8) is 0 Å². The normalized spacial score (nSPS) is 16.7. The van der Waals surface area contributed by atoms with Crippen LogP contribution in [0.5, 0.6) is 0 Å². The molecule has 0 saturated heterocycles. The van der Waals surface area contributed by atoms with Crippen molar-refractivity contribution in [1.29, 1.82) is 0 Å².